The molecule has 1 fully saturated rings. The van der Waals surface area contributed by atoms with Crippen molar-refractivity contribution in [2.75, 3.05) is 4.90 Å². The van der Waals surface area contributed by atoms with Crippen molar-refractivity contribution in [3.63, 3.8) is 0 Å². The molecule has 45 heavy (non-hydrogen) atoms. The summed E-state index contributed by atoms with van der Waals surface area (Å²) in [5, 5.41) is 22.3. The lowest BCUT2D eigenvalue weighted by atomic mass is 9.95. The summed E-state index contributed by atoms with van der Waals surface area (Å²) in [4.78, 5) is 56.5. The molecule has 0 bridgehead atoms. The number of hydrogen-bond donors (Lipinski definition) is 4. The van der Waals surface area contributed by atoms with Crippen LogP contribution in [0.3, 0.4) is 0 Å². The Hall–Kier alpha value is -4.58. The van der Waals surface area contributed by atoms with Gasteiger partial charge in [0.1, 0.15) is 23.8 Å². The standard InChI is InChI=1S/C33H35N7O4S/c41-28(15-22-18-45-27-11-4-3-10-24(22)27)37-29(19-6-1-2-7-19)32(43)36-25-13-12-20-8-5-9-21-14-26(40(30(20)21)33(25)44)31(42)34-16-23-17-35-39-38-23/h3-5,8-11,17-19,25-26,29H,1-2,6-7,12-16H2,(H,34,42)(H,36,43)(H,37,41)(H,35,38,39)/t25-,26-,29-/m0/s1. The van der Waals surface area contributed by atoms with Crippen LogP contribution in [0.1, 0.15) is 54.5 Å². The highest BCUT2D eigenvalue weighted by Crippen LogP contribution is 2.39. The number of nitrogens with zero attached hydrogens (tertiary/aromatic N) is 3. The molecule has 0 unspecified atom stereocenters. The summed E-state index contributed by atoms with van der Waals surface area (Å²) in [6.45, 7) is 0.182. The number of aryl methyl sites for hydroxylation is 1. The van der Waals surface area contributed by atoms with Gasteiger partial charge in [0, 0.05) is 11.1 Å². The summed E-state index contributed by atoms with van der Waals surface area (Å²) in [5.41, 5.74) is 4.20. The van der Waals surface area contributed by atoms with Gasteiger partial charge < -0.3 is 16.0 Å². The minimum atomic E-state index is -0.830. The van der Waals surface area contributed by atoms with E-state index in [1.54, 1.807) is 16.2 Å². The van der Waals surface area contributed by atoms with Crippen LogP contribution in [0.5, 0.6) is 0 Å². The van der Waals surface area contributed by atoms with Crippen LogP contribution in [0.2, 0.25) is 0 Å². The van der Waals surface area contributed by atoms with Gasteiger partial charge >= 0.3 is 0 Å². The van der Waals surface area contributed by atoms with Crippen molar-refractivity contribution in [3.8, 4) is 0 Å². The van der Waals surface area contributed by atoms with E-state index in [2.05, 4.69) is 31.4 Å². The number of H-pyrrole nitrogens is 1. The Balaban J connectivity index is 1.08. The molecule has 4 amide bonds. The Morgan fingerprint density at radius 2 is 1.87 bits per heavy atom. The molecule has 12 heteroatoms. The molecule has 232 valence electrons. The summed E-state index contributed by atoms with van der Waals surface area (Å²) in [5.74, 6) is -1.16. The summed E-state index contributed by atoms with van der Waals surface area (Å²) in [7, 11) is 0. The van der Waals surface area contributed by atoms with Crippen LogP contribution in [-0.2, 0) is 45.0 Å². The van der Waals surface area contributed by atoms with E-state index in [4.69, 9.17) is 0 Å². The van der Waals surface area contributed by atoms with E-state index < -0.39 is 18.1 Å². The van der Waals surface area contributed by atoms with Gasteiger partial charge in [-0.25, -0.2) is 0 Å². The maximum atomic E-state index is 14.2. The monoisotopic (exact) mass is 625 g/mol. The number of carbonyl (C=O) groups is 4. The summed E-state index contributed by atoms with van der Waals surface area (Å²) in [6, 6.07) is 11.6. The second-order valence-corrected chi connectivity index (χ2v) is 13.1. The van der Waals surface area contributed by atoms with Crippen LogP contribution in [0.25, 0.3) is 10.1 Å². The van der Waals surface area contributed by atoms with Crippen molar-refractivity contribution in [2.45, 2.75) is 76.0 Å². The summed E-state index contributed by atoms with van der Waals surface area (Å²) >= 11 is 1.60. The number of para-hydroxylation sites is 1. The van der Waals surface area contributed by atoms with Crippen molar-refractivity contribution in [1.82, 2.24) is 31.4 Å². The minimum absolute atomic E-state index is 0.000285. The van der Waals surface area contributed by atoms with Gasteiger partial charge in [-0.3, -0.25) is 24.1 Å². The predicted molar refractivity (Wildman–Crippen MR) is 169 cm³/mol. The Morgan fingerprint density at radius 1 is 1.04 bits per heavy atom. The first-order valence-corrected chi connectivity index (χ1v) is 16.5. The molecule has 2 aromatic carbocycles. The van der Waals surface area contributed by atoms with Crippen LogP contribution in [0.4, 0.5) is 5.69 Å². The number of amides is 4. The Morgan fingerprint density at radius 3 is 2.69 bits per heavy atom. The van der Waals surface area contributed by atoms with E-state index in [1.165, 1.54) is 6.20 Å². The van der Waals surface area contributed by atoms with E-state index in [-0.39, 0.29) is 42.5 Å². The molecule has 7 rings (SSSR count). The summed E-state index contributed by atoms with van der Waals surface area (Å²) in [6.07, 6.45) is 6.76. The van der Waals surface area contributed by atoms with Crippen LogP contribution < -0.4 is 20.9 Å². The third-order valence-corrected chi connectivity index (χ3v) is 10.3. The lowest BCUT2D eigenvalue weighted by Crippen LogP contribution is -2.58. The first-order valence-electron chi connectivity index (χ1n) is 15.6. The molecular weight excluding hydrogens is 590 g/mol. The van der Waals surface area contributed by atoms with Gasteiger partial charge in [-0.2, -0.15) is 15.4 Å². The van der Waals surface area contributed by atoms with Gasteiger partial charge in [-0.1, -0.05) is 49.2 Å². The number of aromatic amines is 1. The number of aromatic nitrogens is 3. The lowest BCUT2D eigenvalue weighted by Gasteiger charge is -2.30. The molecule has 11 nitrogen and oxygen atoms in total. The van der Waals surface area contributed by atoms with Crippen molar-refractivity contribution >= 4 is 50.7 Å². The fourth-order valence-electron chi connectivity index (χ4n) is 7.10. The molecule has 4 N–H and O–H groups in total. The van der Waals surface area contributed by atoms with E-state index in [0.717, 1.165) is 58.1 Å². The molecule has 4 aromatic rings. The number of hydrogen-bond acceptors (Lipinski definition) is 7. The number of thiophene rings is 1. The smallest absolute Gasteiger partial charge is 0.250 e. The molecule has 0 spiro atoms. The second-order valence-electron chi connectivity index (χ2n) is 12.2. The topological polar surface area (TPSA) is 149 Å². The zero-order valence-corrected chi connectivity index (χ0v) is 25.6. The van der Waals surface area contributed by atoms with Crippen molar-refractivity contribution < 1.29 is 19.2 Å². The molecule has 3 aliphatic rings. The molecule has 2 aromatic heterocycles. The van der Waals surface area contributed by atoms with E-state index in [9.17, 15) is 19.2 Å². The molecule has 4 heterocycles. The van der Waals surface area contributed by atoms with Crippen molar-refractivity contribution in [3.05, 3.63) is 76.4 Å². The zero-order valence-electron chi connectivity index (χ0n) is 24.8. The van der Waals surface area contributed by atoms with E-state index in [1.807, 2.05) is 47.8 Å². The zero-order chi connectivity index (χ0) is 30.9. The Bertz CT molecular complexity index is 1750. The van der Waals surface area contributed by atoms with Crippen molar-refractivity contribution in [2.24, 2.45) is 5.92 Å². The number of carbonyl (C=O) groups excluding carboxylic acids is 4. The number of fused-ring (bicyclic) bond motifs is 1. The number of rotatable bonds is 9. The second kappa shape index (κ2) is 12.4. The molecule has 0 saturated heterocycles. The van der Waals surface area contributed by atoms with Gasteiger partial charge in [0.25, 0.3) is 0 Å². The molecule has 3 atom stereocenters. The predicted octanol–water partition coefficient (Wildman–Crippen LogP) is 2.94. The fraction of sp³-hybridized carbons (Fsp3) is 0.394. The Kier molecular flexibility index (Phi) is 8.05. The van der Waals surface area contributed by atoms with Gasteiger partial charge in [-0.15, -0.1) is 11.3 Å². The fourth-order valence-corrected chi connectivity index (χ4v) is 8.06. The van der Waals surface area contributed by atoms with Crippen LogP contribution in [0.15, 0.2) is 54.0 Å². The molecule has 0 radical (unpaired) electrons. The maximum Gasteiger partial charge on any atom is 0.250 e. The lowest BCUT2D eigenvalue weighted by molar-refractivity contribution is -0.133. The molecule has 2 aliphatic heterocycles. The maximum absolute atomic E-state index is 14.2. The van der Waals surface area contributed by atoms with Gasteiger partial charge in [0.05, 0.1) is 24.8 Å². The largest absolute Gasteiger partial charge is 0.348 e. The van der Waals surface area contributed by atoms with Gasteiger partial charge in [0.15, 0.2) is 0 Å². The third-order valence-electron chi connectivity index (χ3n) is 9.32. The normalized spacial score (nSPS) is 20.1. The highest BCUT2D eigenvalue weighted by molar-refractivity contribution is 7.17. The van der Waals surface area contributed by atoms with Crippen LogP contribution in [0, 0.1) is 5.92 Å². The average molecular weight is 626 g/mol. The van der Waals surface area contributed by atoms with Gasteiger partial charge in [-0.05, 0) is 65.1 Å². The minimum Gasteiger partial charge on any atom is -0.348 e. The van der Waals surface area contributed by atoms with Gasteiger partial charge in [0.2, 0.25) is 23.6 Å². The number of anilines is 1. The molecule has 1 saturated carbocycles. The van der Waals surface area contributed by atoms with Crippen molar-refractivity contribution in [1.29, 1.82) is 0 Å². The first-order chi connectivity index (χ1) is 22.0. The van der Waals surface area contributed by atoms with Crippen LogP contribution >= 0.6 is 11.3 Å². The highest BCUT2D eigenvalue weighted by Gasteiger charge is 2.44. The quantitative estimate of drug-likeness (QED) is 0.225. The number of nitrogens with one attached hydrogen (secondary N) is 4. The average Bonchev–Trinajstić information content (AvgIpc) is 3.86. The van der Waals surface area contributed by atoms with E-state index in [0.29, 0.717) is 25.0 Å². The summed E-state index contributed by atoms with van der Waals surface area (Å²) < 4.78 is 1.12. The highest BCUT2D eigenvalue weighted by atomic mass is 32.1. The first kappa shape index (κ1) is 29.1. The third kappa shape index (κ3) is 5.82. The SMILES string of the molecule is O=C(Cc1csc2ccccc12)N[C@H](C(=O)N[C@H]1CCc2cccc3c2N(C1=O)[C@H](C(=O)NCc1cn[nH]n1)C3)C1CCCC1. The molecular formula is C33H35N7O4S. The Labute approximate surface area is 264 Å². The van der Waals surface area contributed by atoms with Crippen LogP contribution in [-0.4, -0.2) is 57.2 Å². The molecule has 1 aliphatic carbocycles. The van der Waals surface area contributed by atoms with E-state index >= 15 is 0 Å². The number of benzene rings is 2.